The lowest BCUT2D eigenvalue weighted by molar-refractivity contribution is -0.114. The first kappa shape index (κ1) is 23.0. The molecule has 1 amide bonds. The molecule has 3 rings (SSSR count). The molecule has 3 aromatic carbocycles. The minimum absolute atomic E-state index is 0.0458. The van der Waals surface area contributed by atoms with Crippen molar-refractivity contribution in [3.8, 4) is 11.5 Å². The van der Waals surface area contributed by atoms with Crippen molar-refractivity contribution in [2.45, 2.75) is 4.90 Å². The summed E-state index contributed by atoms with van der Waals surface area (Å²) in [6.45, 7) is -0.677. The summed E-state index contributed by atoms with van der Waals surface area (Å²) in [6.07, 6.45) is 0. The number of hydrogen-bond acceptors (Lipinski definition) is 5. The number of rotatable bonds is 8. The van der Waals surface area contributed by atoms with Crippen LogP contribution in [0, 0.1) is 11.6 Å². The van der Waals surface area contributed by atoms with E-state index in [-0.39, 0.29) is 22.0 Å². The van der Waals surface area contributed by atoms with Crippen molar-refractivity contribution in [2.75, 3.05) is 30.4 Å². The van der Waals surface area contributed by atoms with Crippen molar-refractivity contribution in [3.05, 3.63) is 78.4 Å². The zero-order valence-corrected chi connectivity index (χ0v) is 18.0. The standard InChI is InChI=1S/C22H20F2N2O5S/c1-30-20-11-9-16(13-21(20)31-2)26(32(28,29)17-6-4-3-5-7-17)14-22(27)25-19-10-8-15(23)12-18(19)24/h3-13H,14H2,1-2H3,(H,25,27). The number of benzene rings is 3. The Labute approximate surface area is 184 Å². The number of methoxy groups -OCH3 is 2. The summed E-state index contributed by atoms with van der Waals surface area (Å²) in [5.74, 6) is -2.00. The van der Waals surface area contributed by atoms with Crippen molar-refractivity contribution >= 4 is 27.3 Å². The Morgan fingerprint density at radius 3 is 2.25 bits per heavy atom. The molecule has 0 aliphatic rings. The van der Waals surface area contributed by atoms with Crippen LogP contribution in [0.3, 0.4) is 0 Å². The predicted octanol–water partition coefficient (Wildman–Crippen LogP) is 3.82. The molecular weight excluding hydrogens is 442 g/mol. The third-order valence-electron chi connectivity index (χ3n) is 4.48. The monoisotopic (exact) mass is 462 g/mol. The highest BCUT2D eigenvalue weighted by atomic mass is 32.2. The third kappa shape index (κ3) is 4.97. The highest BCUT2D eigenvalue weighted by molar-refractivity contribution is 7.92. The second-order valence-electron chi connectivity index (χ2n) is 6.54. The van der Waals surface area contributed by atoms with Crippen LogP contribution in [-0.4, -0.2) is 35.1 Å². The second kappa shape index (κ2) is 9.65. The number of nitrogens with one attached hydrogen (secondary N) is 1. The van der Waals surface area contributed by atoms with Crippen LogP contribution in [0.2, 0.25) is 0 Å². The van der Waals surface area contributed by atoms with Gasteiger partial charge in [0.05, 0.1) is 30.5 Å². The highest BCUT2D eigenvalue weighted by Gasteiger charge is 2.28. The highest BCUT2D eigenvalue weighted by Crippen LogP contribution is 2.33. The lowest BCUT2D eigenvalue weighted by atomic mass is 10.2. The van der Waals surface area contributed by atoms with E-state index in [2.05, 4.69) is 5.32 Å². The number of nitrogens with zero attached hydrogens (tertiary/aromatic N) is 1. The quantitative estimate of drug-likeness (QED) is 0.550. The maximum atomic E-state index is 13.9. The molecule has 0 fully saturated rings. The number of sulfonamides is 1. The third-order valence-corrected chi connectivity index (χ3v) is 6.27. The van der Waals surface area contributed by atoms with E-state index in [0.717, 1.165) is 16.4 Å². The van der Waals surface area contributed by atoms with Crippen LogP contribution in [0.5, 0.6) is 11.5 Å². The SMILES string of the molecule is COc1ccc(N(CC(=O)Nc2ccc(F)cc2F)S(=O)(=O)c2ccccc2)cc1OC. The molecule has 0 heterocycles. The fraction of sp³-hybridized carbons (Fsp3) is 0.136. The maximum absolute atomic E-state index is 13.9. The predicted molar refractivity (Wildman–Crippen MR) is 116 cm³/mol. The number of ether oxygens (including phenoxy) is 2. The molecule has 0 unspecified atom stereocenters. The molecule has 32 heavy (non-hydrogen) atoms. The van der Waals surface area contributed by atoms with Crippen LogP contribution in [0.25, 0.3) is 0 Å². The molecule has 0 aliphatic carbocycles. The average molecular weight is 462 g/mol. The second-order valence-corrected chi connectivity index (χ2v) is 8.40. The van der Waals surface area contributed by atoms with Crippen molar-refractivity contribution in [1.82, 2.24) is 0 Å². The molecule has 0 saturated heterocycles. The zero-order chi connectivity index (χ0) is 23.3. The molecule has 3 aromatic rings. The van der Waals surface area contributed by atoms with Crippen LogP contribution in [0.1, 0.15) is 0 Å². The number of hydrogen-bond donors (Lipinski definition) is 1. The van der Waals surface area contributed by atoms with Gasteiger partial charge in [0.15, 0.2) is 11.5 Å². The molecule has 0 radical (unpaired) electrons. The molecule has 10 heteroatoms. The Balaban J connectivity index is 2.00. The van der Waals surface area contributed by atoms with Crippen molar-refractivity contribution in [3.63, 3.8) is 0 Å². The Bertz CT molecular complexity index is 1220. The number of halogens is 2. The summed E-state index contributed by atoms with van der Waals surface area (Å²) in [6, 6.07) is 14.5. The lowest BCUT2D eigenvalue weighted by Gasteiger charge is -2.25. The van der Waals surface area contributed by atoms with E-state index in [1.165, 1.54) is 44.6 Å². The van der Waals surface area contributed by atoms with Gasteiger partial charge in [0.1, 0.15) is 18.2 Å². The molecule has 1 N–H and O–H groups in total. The lowest BCUT2D eigenvalue weighted by Crippen LogP contribution is -2.38. The van der Waals surface area contributed by atoms with Crippen molar-refractivity contribution in [1.29, 1.82) is 0 Å². The Hall–Kier alpha value is -3.66. The topological polar surface area (TPSA) is 84.9 Å². The molecule has 7 nitrogen and oxygen atoms in total. The molecule has 0 aromatic heterocycles. The van der Waals surface area contributed by atoms with E-state index in [1.807, 2.05) is 0 Å². The molecule has 0 aliphatic heterocycles. The molecule has 0 atom stereocenters. The molecule has 0 spiro atoms. The van der Waals surface area contributed by atoms with Crippen molar-refractivity contribution < 1.29 is 31.5 Å². The van der Waals surface area contributed by atoms with E-state index in [4.69, 9.17) is 9.47 Å². The van der Waals surface area contributed by atoms with E-state index < -0.39 is 34.1 Å². The first-order valence-electron chi connectivity index (χ1n) is 9.31. The van der Waals surface area contributed by atoms with Gasteiger partial charge in [-0.15, -0.1) is 0 Å². The average Bonchev–Trinajstić information content (AvgIpc) is 2.79. The molecular formula is C22H20F2N2O5S. The summed E-state index contributed by atoms with van der Waals surface area (Å²) in [7, 11) is -1.36. The zero-order valence-electron chi connectivity index (χ0n) is 17.2. The Kier molecular flexibility index (Phi) is 6.94. The normalized spacial score (nSPS) is 11.0. The van der Waals surface area contributed by atoms with Crippen LogP contribution >= 0.6 is 0 Å². The van der Waals surface area contributed by atoms with Crippen LogP contribution in [0.4, 0.5) is 20.2 Å². The van der Waals surface area contributed by atoms with Crippen LogP contribution < -0.4 is 19.1 Å². The fourth-order valence-electron chi connectivity index (χ4n) is 2.93. The van der Waals surface area contributed by atoms with Crippen LogP contribution in [0.15, 0.2) is 71.6 Å². The number of carbonyl (C=O) groups excluding carboxylic acids is 1. The minimum Gasteiger partial charge on any atom is -0.493 e. The summed E-state index contributed by atoms with van der Waals surface area (Å²) < 4.78 is 65.0. The molecule has 168 valence electrons. The fourth-order valence-corrected chi connectivity index (χ4v) is 4.36. The van der Waals surface area contributed by atoms with Gasteiger partial charge in [0.25, 0.3) is 10.0 Å². The summed E-state index contributed by atoms with van der Waals surface area (Å²) in [5, 5.41) is 2.27. The van der Waals surface area contributed by atoms with Gasteiger partial charge in [0.2, 0.25) is 5.91 Å². The van der Waals surface area contributed by atoms with Crippen LogP contribution in [-0.2, 0) is 14.8 Å². The van der Waals surface area contributed by atoms with Gasteiger partial charge >= 0.3 is 0 Å². The summed E-state index contributed by atoms with van der Waals surface area (Å²) >= 11 is 0. The number of amides is 1. The number of carbonyl (C=O) groups is 1. The van der Waals surface area contributed by atoms with Gasteiger partial charge in [0, 0.05) is 12.1 Å². The van der Waals surface area contributed by atoms with Gasteiger partial charge in [-0.25, -0.2) is 17.2 Å². The van der Waals surface area contributed by atoms with Gasteiger partial charge < -0.3 is 14.8 Å². The van der Waals surface area contributed by atoms with Gasteiger partial charge in [-0.2, -0.15) is 0 Å². The first-order chi connectivity index (χ1) is 15.3. The Morgan fingerprint density at radius 1 is 0.938 bits per heavy atom. The summed E-state index contributed by atoms with van der Waals surface area (Å²) in [4.78, 5) is 12.6. The smallest absolute Gasteiger partial charge is 0.264 e. The van der Waals surface area contributed by atoms with Gasteiger partial charge in [-0.3, -0.25) is 9.10 Å². The Morgan fingerprint density at radius 2 is 1.62 bits per heavy atom. The van der Waals surface area contributed by atoms with E-state index >= 15 is 0 Å². The molecule has 0 bridgehead atoms. The van der Waals surface area contributed by atoms with Crippen molar-refractivity contribution in [2.24, 2.45) is 0 Å². The first-order valence-corrected chi connectivity index (χ1v) is 10.7. The minimum atomic E-state index is -4.18. The van der Waals surface area contributed by atoms with E-state index in [9.17, 15) is 22.0 Å². The molecule has 0 saturated carbocycles. The largest absolute Gasteiger partial charge is 0.493 e. The van der Waals surface area contributed by atoms with E-state index in [0.29, 0.717) is 11.8 Å². The number of anilines is 2. The van der Waals surface area contributed by atoms with Gasteiger partial charge in [-0.1, -0.05) is 18.2 Å². The van der Waals surface area contributed by atoms with Gasteiger partial charge in [-0.05, 0) is 36.4 Å². The maximum Gasteiger partial charge on any atom is 0.264 e. The summed E-state index contributed by atoms with van der Waals surface area (Å²) in [5.41, 5.74) is -0.151. The van der Waals surface area contributed by atoms with E-state index in [1.54, 1.807) is 18.2 Å².